The average molecular weight is 461 g/mol. The molecule has 0 radical (unpaired) electrons. The van der Waals surface area contributed by atoms with Crippen LogP contribution < -0.4 is 5.73 Å². The number of alkyl halides is 1. The third kappa shape index (κ3) is 3.23. The van der Waals surface area contributed by atoms with Gasteiger partial charge < -0.3 is 20.5 Å². The Kier molecular flexibility index (Phi) is 5.57. The van der Waals surface area contributed by atoms with Gasteiger partial charge in [-0.1, -0.05) is 15.9 Å². The number of hydrogen-bond donors (Lipinski definition) is 2. The van der Waals surface area contributed by atoms with Crippen molar-refractivity contribution in [1.82, 2.24) is 4.90 Å². The Labute approximate surface area is 167 Å². The maximum absolute atomic E-state index is 12.1. The number of halogens is 1. The third-order valence-electron chi connectivity index (χ3n) is 4.24. The molecule has 2 unspecified atom stereocenters. The molecule has 140 valence electrons. The first-order chi connectivity index (χ1) is 12.3. The number of carbonyl (C=O) groups excluding carboxylic acids is 2. The number of esters is 1. The van der Waals surface area contributed by atoms with Crippen LogP contribution in [-0.2, 0) is 14.3 Å². The molecule has 2 aliphatic heterocycles. The number of β-lactam (4-membered cyclic amide) rings is 1. The van der Waals surface area contributed by atoms with Crippen molar-refractivity contribution in [1.29, 1.82) is 0 Å². The van der Waals surface area contributed by atoms with Crippen LogP contribution >= 0.6 is 39.5 Å². The van der Waals surface area contributed by atoms with Crippen LogP contribution in [0, 0.1) is 0 Å². The van der Waals surface area contributed by atoms with Crippen LogP contribution in [0.5, 0.6) is 0 Å². The van der Waals surface area contributed by atoms with E-state index >= 15 is 0 Å². The van der Waals surface area contributed by atoms with E-state index in [-0.39, 0.29) is 24.4 Å². The zero-order valence-electron chi connectivity index (χ0n) is 13.8. The maximum Gasteiger partial charge on any atom is 0.338 e. The number of benzene rings is 1. The standard InChI is InChI=1S/C16H17BrN2O5S2/c1-2-24-13(21)8-3-5-9(6-4-8)26-16(15(22)23)7-19-11(20)10(18)12(19)25-14(16)17/h3-6,10,12,14H,2,7,18H2,1H3,(H,22,23)/t10-,12-,14?,16?/m1/s1. The molecule has 10 heteroatoms. The molecule has 2 heterocycles. The summed E-state index contributed by atoms with van der Waals surface area (Å²) < 4.78 is 3.25. The predicted octanol–water partition coefficient (Wildman–Crippen LogP) is 1.74. The Balaban J connectivity index is 1.82. The van der Waals surface area contributed by atoms with Gasteiger partial charge in [0.05, 0.1) is 16.3 Å². The van der Waals surface area contributed by atoms with Gasteiger partial charge in [-0.3, -0.25) is 9.59 Å². The normalized spacial score (nSPS) is 30.3. The first-order valence-corrected chi connectivity index (χ1v) is 10.5. The summed E-state index contributed by atoms with van der Waals surface area (Å²) in [7, 11) is 0. The van der Waals surface area contributed by atoms with E-state index < -0.39 is 26.9 Å². The van der Waals surface area contributed by atoms with Crippen LogP contribution in [0.2, 0.25) is 0 Å². The van der Waals surface area contributed by atoms with Gasteiger partial charge in [-0.25, -0.2) is 4.79 Å². The van der Waals surface area contributed by atoms with E-state index in [9.17, 15) is 19.5 Å². The number of carboxylic acids is 1. The Bertz CT molecular complexity index is 747. The number of fused-ring (bicyclic) bond motifs is 1. The summed E-state index contributed by atoms with van der Waals surface area (Å²) in [5, 5.41) is 9.70. The molecule has 2 fully saturated rings. The molecule has 4 atom stereocenters. The fourth-order valence-electron chi connectivity index (χ4n) is 2.80. The highest BCUT2D eigenvalue weighted by atomic mass is 79.9. The summed E-state index contributed by atoms with van der Waals surface area (Å²) in [6, 6.07) is 5.98. The van der Waals surface area contributed by atoms with E-state index in [4.69, 9.17) is 10.5 Å². The molecule has 1 aromatic rings. The lowest BCUT2D eigenvalue weighted by Crippen LogP contribution is -2.74. The lowest BCUT2D eigenvalue weighted by Gasteiger charge is -2.54. The lowest BCUT2D eigenvalue weighted by atomic mass is 10.0. The molecule has 0 bridgehead atoms. The summed E-state index contributed by atoms with van der Waals surface area (Å²) in [5.41, 5.74) is 6.20. The van der Waals surface area contributed by atoms with Gasteiger partial charge in [0, 0.05) is 11.4 Å². The van der Waals surface area contributed by atoms with Gasteiger partial charge in [0.2, 0.25) is 5.91 Å². The highest BCUT2D eigenvalue weighted by Gasteiger charge is 2.60. The summed E-state index contributed by atoms with van der Waals surface area (Å²) in [5.74, 6) is -1.67. The molecule has 3 N–H and O–H groups in total. The molecule has 1 aromatic carbocycles. The van der Waals surface area contributed by atoms with Gasteiger partial charge in [0.25, 0.3) is 0 Å². The number of nitrogens with two attached hydrogens (primary N) is 1. The summed E-state index contributed by atoms with van der Waals surface area (Å²) >= 11 is 5.96. The number of ether oxygens (including phenoxy) is 1. The van der Waals surface area contributed by atoms with Crippen molar-refractivity contribution in [3.8, 4) is 0 Å². The van der Waals surface area contributed by atoms with E-state index in [2.05, 4.69) is 15.9 Å². The minimum Gasteiger partial charge on any atom is -0.480 e. The van der Waals surface area contributed by atoms with Gasteiger partial charge >= 0.3 is 11.9 Å². The molecule has 3 rings (SSSR count). The molecular formula is C16H17BrN2O5S2. The van der Waals surface area contributed by atoms with Gasteiger partial charge in [-0.15, -0.1) is 23.5 Å². The smallest absolute Gasteiger partial charge is 0.338 e. The van der Waals surface area contributed by atoms with Crippen LogP contribution in [-0.4, -0.2) is 61.3 Å². The molecule has 7 nitrogen and oxygen atoms in total. The van der Waals surface area contributed by atoms with Crippen molar-refractivity contribution in [3.63, 3.8) is 0 Å². The van der Waals surface area contributed by atoms with Crippen LogP contribution in [0.3, 0.4) is 0 Å². The summed E-state index contributed by atoms with van der Waals surface area (Å²) in [6.07, 6.45) is 0. The number of carboxylic acid groups (broad SMARTS) is 1. The SMILES string of the molecule is CCOC(=O)c1ccc(SC2(C(=O)O)CN3C(=O)[C@@H](N)[C@H]3SC2Br)cc1. The highest BCUT2D eigenvalue weighted by molar-refractivity contribution is 9.11. The highest BCUT2D eigenvalue weighted by Crippen LogP contribution is 2.52. The summed E-state index contributed by atoms with van der Waals surface area (Å²) in [4.78, 5) is 38.0. The number of nitrogens with zero attached hydrogens (tertiary/aromatic N) is 1. The molecule has 0 saturated carbocycles. The molecule has 0 aromatic heterocycles. The van der Waals surface area contributed by atoms with Crippen molar-refractivity contribution < 1.29 is 24.2 Å². The van der Waals surface area contributed by atoms with Gasteiger partial charge in [-0.2, -0.15) is 0 Å². The molecule has 26 heavy (non-hydrogen) atoms. The van der Waals surface area contributed by atoms with Crippen molar-refractivity contribution in [2.24, 2.45) is 5.73 Å². The quantitative estimate of drug-likeness (QED) is 0.388. The number of rotatable bonds is 5. The predicted molar refractivity (Wildman–Crippen MR) is 102 cm³/mol. The first kappa shape index (κ1) is 19.5. The number of thioether (sulfide) groups is 2. The molecule has 0 spiro atoms. The van der Waals surface area contributed by atoms with E-state index in [1.165, 1.54) is 16.7 Å². The number of carbonyl (C=O) groups is 3. The van der Waals surface area contributed by atoms with Gasteiger partial charge in [-0.05, 0) is 31.2 Å². The number of aliphatic carboxylic acids is 1. The van der Waals surface area contributed by atoms with Crippen molar-refractivity contribution in [2.75, 3.05) is 13.2 Å². The van der Waals surface area contributed by atoms with Crippen LogP contribution in [0.15, 0.2) is 29.2 Å². The fourth-order valence-corrected chi connectivity index (χ4v) is 6.73. The molecule has 1 amide bonds. The Hall–Kier alpha value is -1.23. The Morgan fingerprint density at radius 2 is 2.12 bits per heavy atom. The average Bonchev–Trinajstić information content (AvgIpc) is 2.63. The Morgan fingerprint density at radius 3 is 2.69 bits per heavy atom. The second kappa shape index (κ2) is 7.41. The van der Waals surface area contributed by atoms with Crippen LogP contribution in [0.25, 0.3) is 0 Å². The second-order valence-corrected chi connectivity index (χ2v) is 10.0. The zero-order chi connectivity index (χ0) is 19.1. The largest absolute Gasteiger partial charge is 0.480 e. The molecular weight excluding hydrogens is 444 g/mol. The van der Waals surface area contributed by atoms with E-state index in [1.807, 2.05) is 0 Å². The minimum atomic E-state index is -1.26. The Morgan fingerprint density at radius 1 is 1.46 bits per heavy atom. The lowest BCUT2D eigenvalue weighted by molar-refractivity contribution is -0.148. The van der Waals surface area contributed by atoms with Crippen molar-refractivity contribution in [3.05, 3.63) is 29.8 Å². The van der Waals surface area contributed by atoms with Crippen molar-refractivity contribution in [2.45, 2.75) is 32.1 Å². The second-order valence-electron chi connectivity index (χ2n) is 5.88. The van der Waals surface area contributed by atoms with Crippen molar-refractivity contribution >= 4 is 57.3 Å². The van der Waals surface area contributed by atoms with E-state index in [1.54, 1.807) is 31.2 Å². The minimum absolute atomic E-state index is 0.0622. The fraction of sp³-hybridized carbons (Fsp3) is 0.438. The monoisotopic (exact) mass is 460 g/mol. The van der Waals surface area contributed by atoms with Crippen LogP contribution in [0.1, 0.15) is 17.3 Å². The van der Waals surface area contributed by atoms with Gasteiger partial charge in [0.15, 0.2) is 4.75 Å². The number of amides is 1. The zero-order valence-corrected chi connectivity index (χ0v) is 17.0. The van der Waals surface area contributed by atoms with E-state index in [0.717, 1.165) is 11.8 Å². The maximum atomic E-state index is 12.1. The van der Waals surface area contributed by atoms with Gasteiger partial charge in [0.1, 0.15) is 11.4 Å². The third-order valence-corrected chi connectivity index (χ3v) is 9.00. The first-order valence-electron chi connectivity index (χ1n) is 7.85. The number of hydrogen-bond acceptors (Lipinski definition) is 7. The summed E-state index contributed by atoms with van der Waals surface area (Å²) in [6.45, 7) is 2.08. The van der Waals surface area contributed by atoms with Crippen LogP contribution in [0.4, 0.5) is 0 Å². The molecule has 2 saturated heterocycles. The molecule has 2 aliphatic rings. The van der Waals surface area contributed by atoms with E-state index in [0.29, 0.717) is 10.5 Å². The molecule has 0 aliphatic carbocycles. The topological polar surface area (TPSA) is 110 Å².